The molecule has 0 radical (unpaired) electrons. The third kappa shape index (κ3) is 2.98. The minimum Gasteiger partial charge on any atom is -0.462 e. The molecule has 1 aromatic rings. The second kappa shape index (κ2) is 4.83. The summed E-state index contributed by atoms with van der Waals surface area (Å²) in [6.45, 7) is 2.12. The van der Waals surface area contributed by atoms with E-state index in [1.165, 1.54) is 12.0 Å². The van der Waals surface area contributed by atoms with E-state index in [1.807, 2.05) is 30.3 Å². The van der Waals surface area contributed by atoms with E-state index in [4.69, 9.17) is 4.74 Å². The fourth-order valence-corrected chi connectivity index (χ4v) is 1.71. The number of benzene rings is 1. The lowest BCUT2D eigenvalue weighted by atomic mass is 10.2. The molecule has 0 saturated carbocycles. The van der Waals surface area contributed by atoms with Gasteiger partial charge in [0.15, 0.2) is 0 Å². The third-order valence-corrected chi connectivity index (χ3v) is 2.47. The zero-order valence-corrected chi connectivity index (χ0v) is 9.07. The monoisotopic (exact) mass is 200 g/mol. The van der Waals surface area contributed by atoms with Crippen LogP contribution in [0.1, 0.15) is 26.2 Å². The largest absolute Gasteiger partial charge is 0.462 e. The number of hydrogen-bond donors (Lipinski definition) is 0. The summed E-state index contributed by atoms with van der Waals surface area (Å²) in [5.41, 5.74) is 1.30. The summed E-state index contributed by atoms with van der Waals surface area (Å²) in [4.78, 5) is 0. The highest BCUT2D eigenvalue weighted by Crippen LogP contribution is 2.21. The van der Waals surface area contributed by atoms with Gasteiger partial charge in [0, 0.05) is 6.42 Å². The normalized spacial score (nSPS) is 16.3. The number of ether oxygens (including phenoxy) is 1. The lowest BCUT2D eigenvalue weighted by molar-refractivity contribution is 0.400. The first-order valence-corrected chi connectivity index (χ1v) is 5.45. The summed E-state index contributed by atoms with van der Waals surface area (Å²) in [5.74, 6) is 2.01. The topological polar surface area (TPSA) is 9.23 Å². The van der Waals surface area contributed by atoms with Crippen LogP contribution < -0.4 is 4.74 Å². The molecule has 0 heterocycles. The summed E-state index contributed by atoms with van der Waals surface area (Å²) in [6.07, 6.45) is 7.77. The number of allylic oxidation sites excluding steroid dienone is 4. The molecule has 0 bridgehead atoms. The van der Waals surface area contributed by atoms with Crippen LogP contribution in [0.15, 0.2) is 53.8 Å². The fourth-order valence-electron chi connectivity index (χ4n) is 1.71. The van der Waals surface area contributed by atoms with Crippen molar-refractivity contribution in [2.75, 3.05) is 0 Å². The Labute approximate surface area is 91.1 Å². The Balaban J connectivity index is 2.09. The molecule has 0 aliphatic heterocycles. The van der Waals surface area contributed by atoms with Crippen LogP contribution in [-0.2, 0) is 0 Å². The molecule has 1 aromatic carbocycles. The van der Waals surface area contributed by atoms with Gasteiger partial charge in [0.25, 0.3) is 0 Å². The van der Waals surface area contributed by atoms with Gasteiger partial charge in [0.05, 0.1) is 0 Å². The maximum absolute atomic E-state index is 5.83. The van der Waals surface area contributed by atoms with Crippen LogP contribution >= 0.6 is 0 Å². The highest BCUT2D eigenvalue weighted by Gasteiger charge is 2.04. The molecule has 1 nitrogen and oxygen atoms in total. The number of rotatable bonds is 2. The molecule has 0 atom stereocenters. The second-order valence-corrected chi connectivity index (χ2v) is 3.87. The zero-order chi connectivity index (χ0) is 10.5. The van der Waals surface area contributed by atoms with Crippen LogP contribution in [0.4, 0.5) is 0 Å². The predicted molar refractivity (Wildman–Crippen MR) is 62.8 cm³/mol. The van der Waals surface area contributed by atoms with Gasteiger partial charge in [-0.3, -0.25) is 0 Å². The maximum atomic E-state index is 5.83. The molecule has 2 rings (SSSR count). The van der Waals surface area contributed by atoms with E-state index in [-0.39, 0.29) is 0 Å². The molecule has 1 heteroatoms. The van der Waals surface area contributed by atoms with E-state index in [2.05, 4.69) is 19.1 Å². The average molecular weight is 200 g/mol. The van der Waals surface area contributed by atoms with E-state index >= 15 is 0 Å². The Morgan fingerprint density at radius 2 is 1.93 bits per heavy atom. The van der Waals surface area contributed by atoms with E-state index < -0.39 is 0 Å². The van der Waals surface area contributed by atoms with Crippen LogP contribution in [0, 0.1) is 0 Å². The quantitative estimate of drug-likeness (QED) is 0.699. The SMILES string of the molecule is CC1=CCCCC(Oc2ccccc2)=C1. The summed E-state index contributed by atoms with van der Waals surface area (Å²) >= 11 is 0. The van der Waals surface area contributed by atoms with Crippen LogP contribution in [0.2, 0.25) is 0 Å². The Morgan fingerprint density at radius 3 is 2.73 bits per heavy atom. The number of hydrogen-bond acceptors (Lipinski definition) is 1. The van der Waals surface area contributed by atoms with Crippen molar-refractivity contribution in [2.45, 2.75) is 26.2 Å². The van der Waals surface area contributed by atoms with Gasteiger partial charge in [0.2, 0.25) is 0 Å². The van der Waals surface area contributed by atoms with Crippen molar-refractivity contribution in [3.8, 4) is 5.75 Å². The first-order valence-electron chi connectivity index (χ1n) is 5.45. The van der Waals surface area contributed by atoms with Gasteiger partial charge < -0.3 is 4.74 Å². The first kappa shape index (κ1) is 10.0. The van der Waals surface area contributed by atoms with Gasteiger partial charge in [-0.2, -0.15) is 0 Å². The van der Waals surface area contributed by atoms with Crippen molar-refractivity contribution in [1.29, 1.82) is 0 Å². The van der Waals surface area contributed by atoms with E-state index in [9.17, 15) is 0 Å². The van der Waals surface area contributed by atoms with Crippen LogP contribution in [0.5, 0.6) is 5.75 Å². The minimum atomic E-state index is 0.929. The summed E-state index contributed by atoms with van der Waals surface area (Å²) in [5, 5.41) is 0. The Hall–Kier alpha value is -1.50. The highest BCUT2D eigenvalue weighted by molar-refractivity contribution is 5.27. The van der Waals surface area contributed by atoms with Crippen LogP contribution in [0.3, 0.4) is 0 Å². The van der Waals surface area contributed by atoms with Crippen molar-refractivity contribution >= 4 is 0 Å². The van der Waals surface area contributed by atoms with Crippen LogP contribution in [-0.4, -0.2) is 0 Å². The average Bonchev–Trinajstić information content (AvgIpc) is 2.44. The van der Waals surface area contributed by atoms with Gasteiger partial charge in [-0.05, 0) is 38.0 Å². The molecule has 1 aliphatic carbocycles. The molecule has 15 heavy (non-hydrogen) atoms. The van der Waals surface area contributed by atoms with E-state index in [0.717, 1.165) is 24.4 Å². The smallest absolute Gasteiger partial charge is 0.126 e. The van der Waals surface area contributed by atoms with Crippen molar-refractivity contribution in [3.63, 3.8) is 0 Å². The lowest BCUT2D eigenvalue weighted by Crippen LogP contribution is -1.94. The molecule has 0 fully saturated rings. The third-order valence-electron chi connectivity index (χ3n) is 2.47. The molecule has 1 aliphatic rings. The second-order valence-electron chi connectivity index (χ2n) is 3.87. The molecule has 78 valence electrons. The molecule has 0 spiro atoms. The minimum absolute atomic E-state index is 0.929. The maximum Gasteiger partial charge on any atom is 0.126 e. The highest BCUT2D eigenvalue weighted by atomic mass is 16.5. The van der Waals surface area contributed by atoms with Gasteiger partial charge in [-0.15, -0.1) is 0 Å². The fraction of sp³-hybridized carbons (Fsp3) is 0.286. The van der Waals surface area contributed by atoms with Crippen molar-refractivity contribution < 1.29 is 4.74 Å². The Bertz CT molecular complexity index is 374. The zero-order valence-electron chi connectivity index (χ0n) is 9.07. The van der Waals surface area contributed by atoms with Gasteiger partial charge >= 0.3 is 0 Å². The van der Waals surface area contributed by atoms with Gasteiger partial charge in [-0.1, -0.05) is 29.8 Å². The molecule has 0 unspecified atom stereocenters. The predicted octanol–water partition coefficient (Wildman–Crippen LogP) is 4.08. The molecule has 0 amide bonds. The Kier molecular flexibility index (Phi) is 3.23. The standard InChI is InChI=1S/C14H16O/c1-12-7-5-6-10-14(11-12)15-13-8-3-2-4-9-13/h2-4,7-9,11H,5-6,10H2,1H3. The van der Waals surface area contributed by atoms with Crippen molar-refractivity contribution in [1.82, 2.24) is 0 Å². The summed E-state index contributed by atoms with van der Waals surface area (Å²) in [6, 6.07) is 9.97. The lowest BCUT2D eigenvalue weighted by Gasteiger charge is -2.08. The molecule has 0 saturated heterocycles. The van der Waals surface area contributed by atoms with E-state index in [1.54, 1.807) is 0 Å². The summed E-state index contributed by atoms with van der Waals surface area (Å²) < 4.78 is 5.83. The van der Waals surface area contributed by atoms with Crippen molar-refractivity contribution in [3.05, 3.63) is 53.8 Å². The van der Waals surface area contributed by atoms with E-state index in [0.29, 0.717) is 0 Å². The summed E-state index contributed by atoms with van der Waals surface area (Å²) in [7, 11) is 0. The van der Waals surface area contributed by atoms with Gasteiger partial charge in [-0.25, -0.2) is 0 Å². The number of para-hydroxylation sites is 1. The van der Waals surface area contributed by atoms with Crippen LogP contribution in [0.25, 0.3) is 0 Å². The first-order chi connectivity index (χ1) is 7.34. The molecular formula is C14H16O. The molecule has 0 aromatic heterocycles. The van der Waals surface area contributed by atoms with Crippen molar-refractivity contribution in [2.24, 2.45) is 0 Å². The Morgan fingerprint density at radius 1 is 1.13 bits per heavy atom. The molecule has 0 N–H and O–H groups in total. The van der Waals surface area contributed by atoms with Gasteiger partial charge in [0.1, 0.15) is 11.5 Å². The molecular weight excluding hydrogens is 184 g/mol.